The third-order valence-corrected chi connectivity index (χ3v) is 4.42. The van der Waals surface area contributed by atoms with Gasteiger partial charge in [0.05, 0.1) is 17.3 Å². The van der Waals surface area contributed by atoms with E-state index < -0.39 is 0 Å². The Hall–Kier alpha value is -0.780. The highest BCUT2D eigenvalue weighted by Gasteiger charge is 2.25. The Morgan fingerprint density at radius 2 is 2.05 bits per heavy atom. The number of anilines is 1. The zero-order valence-electron chi connectivity index (χ0n) is 11.3. The molecule has 1 aromatic rings. The minimum Gasteiger partial charge on any atom is -0.493 e. The molecule has 0 spiro atoms. The van der Waals surface area contributed by atoms with E-state index in [1.807, 2.05) is 0 Å². The van der Waals surface area contributed by atoms with E-state index in [9.17, 15) is 4.79 Å². The lowest BCUT2D eigenvalue weighted by Crippen LogP contribution is -2.32. The van der Waals surface area contributed by atoms with E-state index in [2.05, 4.69) is 21.2 Å². The predicted octanol–water partition coefficient (Wildman–Crippen LogP) is 3.57. The van der Waals surface area contributed by atoms with Crippen LogP contribution in [0.2, 0.25) is 5.02 Å². The molecule has 0 radical (unpaired) electrons. The smallest absolute Gasteiger partial charge is 0.227 e. The van der Waals surface area contributed by atoms with Crippen molar-refractivity contribution < 1.29 is 9.53 Å². The van der Waals surface area contributed by atoms with E-state index in [0.717, 1.165) is 25.7 Å². The molecule has 3 N–H and O–H groups in total. The number of nitrogens with one attached hydrogen (secondary N) is 1. The van der Waals surface area contributed by atoms with Crippen LogP contribution in [0.15, 0.2) is 16.6 Å². The Bertz CT molecular complexity index is 502. The zero-order valence-corrected chi connectivity index (χ0v) is 13.6. The summed E-state index contributed by atoms with van der Waals surface area (Å²) in [6.07, 6.45) is 3.46. The summed E-state index contributed by atoms with van der Waals surface area (Å²) in [6, 6.07) is 3.65. The lowest BCUT2D eigenvalue weighted by atomic mass is 9.86. The Kier molecular flexibility index (Phi) is 5.29. The highest BCUT2D eigenvalue weighted by molar-refractivity contribution is 9.10. The third-order valence-electron chi connectivity index (χ3n) is 3.61. The van der Waals surface area contributed by atoms with Gasteiger partial charge in [0.25, 0.3) is 0 Å². The van der Waals surface area contributed by atoms with Gasteiger partial charge < -0.3 is 15.8 Å². The molecule has 0 aromatic heterocycles. The fraction of sp³-hybridized carbons (Fsp3) is 0.500. The monoisotopic (exact) mass is 360 g/mol. The molecule has 0 unspecified atom stereocenters. The number of amides is 1. The summed E-state index contributed by atoms with van der Waals surface area (Å²) >= 11 is 9.39. The molecule has 4 nitrogen and oxygen atoms in total. The fourth-order valence-electron chi connectivity index (χ4n) is 2.48. The van der Waals surface area contributed by atoms with Gasteiger partial charge in [-0.3, -0.25) is 4.79 Å². The quantitative estimate of drug-likeness (QED) is 0.865. The van der Waals surface area contributed by atoms with E-state index >= 15 is 0 Å². The summed E-state index contributed by atoms with van der Waals surface area (Å²) in [7, 11) is 1.56. The summed E-state index contributed by atoms with van der Waals surface area (Å²) in [6.45, 7) is 0. The van der Waals surface area contributed by atoms with Crippen molar-refractivity contribution >= 4 is 39.1 Å². The molecule has 20 heavy (non-hydrogen) atoms. The third kappa shape index (κ3) is 3.65. The number of nitrogens with two attached hydrogens (primary N) is 1. The second-order valence-electron chi connectivity index (χ2n) is 5.07. The standard InChI is InChI=1S/C14H18BrClN2O2/c1-20-13-11(15)6-9(16)7-12(13)18-14(19)8-2-4-10(17)5-3-8/h6-8,10H,2-5,17H2,1H3,(H,18,19). The lowest BCUT2D eigenvalue weighted by molar-refractivity contribution is -0.120. The molecule has 0 heterocycles. The summed E-state index contributed by atoms with van der Waals surface area (Å²) < 4.78 is 6.01. The fourth-order valence-corrected chi connectivity index (χ4v) is 3.45. The first-order valence-corrected chi connectivity index (χ1v) is 7.78. The Balaban J connectivity index is 2.11. The highest BCUT2D eigenvalue weighted by atomic mass is 79.9. The molecule has 0 saturated heterocycles. The minimum absolute atomic E-state index is 0.00404. The van der Waals surface area contributed by atoms with Crippen molar-refractivity contribution in [3.63, 3.8) is 0 Å². The molecule has 1 saturated carbocycles. The number of hydrogen-bond donors (Lipinski definition) is 2. The van der Waals surface area contributed by atoms with Crippen LogP contribution in [0.3, 0.4) is 0 Å². The van der Waals surface area contributed by atoms with Crippen molar-refractivity contribution in [3.8, 4) is 5.75 Å². The molecule has 1 amide bonds. The van der Waals surface area contributed by atoms with Gasteiger partial charge in [0.1, 0.15) is 0 Å². The highest BCUT2D eigenvalue weighted by Crippen LogP contribution is 2.37. The van der Waals surface area contributed by atoms with E-state index in [1.165, 1.54) is 0 Å². The Morgan fingerprint density at radius 3 is 2.65 bits per heavy atom. The van der Waals surface area contributed by atoms with E-state index in [-0.39, 0.29) is 17.9 Å². The van der Waals surface area contributed by atoms with Gasteiger partial charge in [-0.15, -0.1) is 0 Å². The molecule has 1 fully saturated rings. The van der Waals surface area contributed by atoms with Gasteiger partial charge in [-0.05, 0) is 53.7 Å². The number of carbonyl (C=O) groups excluding carboxylic acids is 1. The number of rotatable bonds is 3. The second-order valence-corrected chi connectivity index (χ2v) is 6.36. The van der Waals surface area contributed by atoms with Crippen LogP contribution in [0.1, 0.15) is 25.7 Å². The van der Waals surface area contributed by atoms with Crippen LogP contribution in [0.25, 0.3) is 0 Å². The first kappa shape index (κ1) is 15.6. The average molecular weight is 362 g/mol. The number of hydrogen-bond acceptors (Lipinski definition) is 3. The molecule has 2 rings (SSSR count). The van der Waals surface area contributed by atoms with Crippen LogP contribution in [0, 0.1) is 5.92 Å². The van der Waals surface area contributed by atoms with E-state index in [0.29, 0.717) is 20.9 Å². The first-order chi connectivity index (χ1) is 9.51. The topological polar surface area (TPSA) is 64.3 Å². The molecule has 0 bridgehead atoms. The molecule has 0 atom stereocenters. The molecule has 1 aliphatic rings. The number of carbonyl (C=O) groups is 1. The number of ether oxygens (including phenoxy) is 1. The first-order valence-electron chi connectivity index (χ1n) is 6.60. The molecule has 6 heteroatoms. The zero-order chi connectivity index (χ0) is 14.7. The van der Waals surface area contributed by atoms with E-state index in [4.69, 9.17) is 22.1 Å². The van der Waals surface area contributed by atoms with Gasteiger partial charge in [0, 0.05) is 17.0 Å². The van der Waals surface area contributed by atoms with Gasteiger partial charge in [-0.25, -0.2) is 0 Å². The van der Waals surface area contributed by atoms with Crippen molar-refractivity contribution in [1.29, 1.82) is 0 Å². The molecular weight excluding hydrogens is 344 g/mol. The summed E-state index contributed by atoms with van der Waals surface area (Å²) in [4.78, 5) is 12.3. The van der Waals surface area contributed by atoms with Gasteiger partial charge in [-0.2, -0.15) is 0 Å². The summed E-state index contributed by atoms with van der Waals surface area (Å²) in [5.74, 6) is 0.594. The largest absolute Gasteiger partial charge is 0.493 e. The van der Waals surface area contributed by atoms with Gasteiger partial charge in [0.15, 0.2) is 5.75 Å². The van der Waals surface area contributed by atoms with Crippen LogP contribution in [0.4, 0.5) is 5.69 Å². The van der Waals surface area contributed by atoms with Crippen molar-refractivity contribution in [1.82, 2.24) is 0 Å². The van der Waals surface area contributed by atoms with Gasteiger partial charge >= 0.3 is 0 Å². The predicted molar refractivity (Wildman–Crippen MR) is 84.3 cm³/mol. The lowest BCUT2D eigenvalue weighted by Gasteiger charge is -2.25. The number of halogens is 2. The maximum absolute atomic E-state index is 12.3. The van der Waals surface area contributed by atoms with Crippen molar-refractivity contribution in [2.45, 2.75) is 31.7 Å². The number of benzene rings is 1. The van der Waals surface area contributed by atoms with Crippen LogP contribution in [-0.2, 0) is 4.79 Å². The van der Waals surface area contributed by atoms with Crippen LogP contribution in [-0.4, -0.2) is 19.1 Å². The Labute approximate surface area is 132 Å². The van der Waals surface area contributed by atoms with Crippen LogP contribution < -0.4 is 15.8 Å². The second kappa shape index (κ2) is 6.78. The van der Waals surface area contributed by atoms with Gasteiger partial charge in [0.2, 0.25) is 5.91 Å². The van der Waals surface area contributed by atoms with Crippen LogP contribution in [0.5, 0.6) is 5.75 Å². The number of methoxy groups -OCH3 is 1. The molecular formula is C14H18BrClN2O2. The molecule has 1 aliphatic carbocycles. The average Bonchev–Trinajstić information content (AvgIpc) is 2.39. The Morgan fingerprint density at radius 1 is 1.40 bits per heavy atom. The molecule has 110 valence electrons. The maximum Gasteiger partial charge on any atom is 0.227 e. The van der Waals surface area contributed by atoms with Crippen LogP contribution >= 0.6 is 27.5 Å². The van der Waals surface area contributed by atoms with E-state index in [1.54, 1.807) is 19.2 Å². The SMILES string of the molecule is COc1c(Br)cc(Cl)cc1NC(=O)C1CCC(N)CC1. The molecule has 0 aliphatic heterocycles. The minimum atomic E-state index is 0.00404. The van der Waals surface area contributed by atoms with Crippen molar-refractivity contribution in [2.24, 2.45) is 11.7 Å². The summed E-state index contributed by atoms with van der Waals surface area (Å²) in [5, 5.41) is 3.45. The van der Waals surface area contributed by atoms with Crippen molar-refractivity contribution in [3.05, 3.63) is 21.6 Å². The maximum atomic E-state index is 12.3. The normalized spacial score (nSPS) is 22.4. The van der Waals surface area contributed by atoms with Gasteiger partial charge in [-0.1, -0.05) is 11.6 Å². The molecule has 1 aromatic carbocycles. The summed E-state index contributed by atoms with van der Waals surface area (Å²) in [5.41, 5.74) is 6.45. The van der Waals surface area contributed by atoms with Crippen molar-refractivity contribution in [2.75, 3.05) is 12.4 Å².